The Hall–Kier alpha value is -3.07. The smallest absolute Gasteiger partial charge is 0.329 e. The minimum Gasteiger partial charge on any atom is -0.490 e. The van der Waals surface area contributed by atoms with E-state index in [0.29, 0.717) is 43.9 Å². The second-order valence-electron chi connectivity index (χ2n) is 7.26. The number of nitrogens with zero attached hydrogens (tertiary/aromatic N) is 1. The molecule has 2 amide bonds. The number of benzene rings is 3. The van der Waals surface area contributed by atoms with Gasteiger partial charge in [0, 0.05) is 21.3 Å². The van der Waals surface area contributed by atoms with E-state index in [0.717, 1.165) is 11.1 Å². The van der Waals surface area contributed by atoms with E-state index in [-0.39, 0.29) is 6.61 Å². The van der Waals surface area contributed by atoms with Crippen molar-refractivity contribution in [2.24, 2.45) is 5.10 Å². The van der Waals surface area contributed by atoms with Gasteiger partial charge in [-0.1, -0.05) is 47.5 Å². The summed E-state index contributed by atoms with van der Waals surface area (Å²) in [5.74, 6) is -0.817. The number of hydrogen-bond donors (Lipinski definition) is 2. The Balaban J connectivity index is 1.66. The van der Waals surface area contributed by atoms with Crippen LogP contribution in [-0.4, -0.2) is 24.6 Å². The van der Waals surface area contributed by atoms with Crippen molar-refractivity contribution in [3.8, 4) is 11.5 Å². The molecular formula is C25H22BrCl2N3O4. The molecule has 0 aliphatic carbocycles. The van der Waals surface area contributed by atoms with Gasteiger partial charge in [-0.2, -0.15) is 5.10 Å². The topological polar surface area (TPSA) is 89.0 Å². The second kappa shape index (κ2) is 12.6. The molecule has 0 aliphatic rings. The van der Waals surface area contributed by atoms with Crippen LogP contribution >= 0.6 is 39.1 Å². The number of carbonyl (C=O) groups excluding carboxylic acids is 2. The first kappa shape index (κ1) is 26.5. The van der Waals surface area contributed by atoms with Gasteiger partial charge in [-0.25, -0.2) is 5.43 Å². The Kier molecular flexibility index (Phi) is 9.54. The summed E-state index contributed by atoms with van der Waals surface area (Å²) >= 11 is 15.7. The number of amides is 2. The third kappa shape index (κ3) is 7.45. The zero-order valence-electron chi connectivity index (χ0n) is 18.9. The number of ether oxygens (including phenoxy) is 2. The van der Waals surface area contributed by atoms with Crippen molar-refractivity contribution in [1.82, 2.24) is 5.43 Å². The lowest BCUT2D eigenvalue weighted by Crippen LogP contribution is -2.32. The van der Waals surface area contributed by atoms with Crippen molar-refractivity contribution >= 4 is 62.8 Å². The molecular weight excluding hydrogens is 557 g/mol. The summed E-state index contributed by atoms with van der Waals surface area (Å²) in [4.78, 5) is 24.2. The maximum Gasteiger partial charge on any atom is 0.329 e. The van der Waals surface area contributed by atoms with E-state index in [9.17, 15) is 9.59 Å². The number of carbonyl (C=O) groups is 2. The van der Waals surface area contributed by atoms with Gasteiger partial charge < -0.3 is 14.8 Å². The molecule has 0 fully saturated rings. The minimum absolute atomic E-state index is 0.253. The van der Waals surface area contributed by atoms with Gasteiger partial charge in [0.1, 0.15) is 6.61 Å². The first-order valence-corrected chi connectivity index (χ1v) is 12.1. The molecule has 7 nitrogen and oxygen atoms in total. The molecule has 0 aliphatic heterocycles. The van der Waals surface area contributed by atoms with Crippen molar-refractivity contribution in [3.63, 3.8) is 0 Å². The molecule has 0 heterocycles. The van der Waals surface area contributed by atoms with Gasteiger partial charge in [0.25, 0.3) is 0 Å². The van der Waals surface area contributed by atoms with E-state index in [4.69, 9.17) is 32.7 Å². The maximum atomic E-state index is 12.1. The number of hydrogen-bond acceptors (Lipinski definition) is 5. The number of anilines is 1. The number of rotatable bonds is 8. The van der Waals surface area contributed by atoms with Crippen LogP contribution in [0, 0.1) is 6.92 Å². The molecule has 0 saturated heterocycles. The average Bonchev–Trinajstić information content (AvgIpc) is 2.82. The van der Waals surface area contributed by atoms with Crippen LogP contribution < -0.4 is 20.2 Å². The number of nitrogens with one attached hydrogen (secondary N) is 2. The first-order chi connectivity index (χ1) is 16.8. The van der Waals surface area contributed by atoms with Crippen molar-refractivity contribution in [1.29, 1.82) is 0 Å². The fourth-order valence-electron chi connectivity index (χ4n) is 2.91. The highest BCUT2D eigenvalue weighted by Crippen LogP contribution is 2.37. The summed E-state index contributed by atoms with van der Waals surface area (Å²) in [6, 6.07) is 15.8. The molecule has 3 rings (SSSR count). The summed E-state index contributed by atoms with van der Waals surface area (Å²) in [7, 11) is 0. The van der Waals surface area contributed by atoms with Gasteiger partial charge in [0.05, 0.1) is 17.3 Å². The lowest BCUT2D eigenvalue weighted by Gasteiger charge is -2.15. The largest absolute Gasteiger partial charge is 0.490 e. The van der Waals surface area contributed by atoms with Crippen LogP contribution in [0.5, 0.6) is 11.5 Å². The van der Waals surface area contributed by atoms with Crippen LogP contribution in [0.2, 0.25) is 10.0 Å². The molecule has 0 saturated carbocycles. The summed E-state index contributed by atoms with van der Waals surface area (Å²) in [5.41, 5.74) is 4.91. The Bertz CT molecular complexity index is 1270. The van der Waals surface area contributed by atoms with Crippen molar-refractivity contribution < 1.29 is 19.1 Å². The maximum absolute atomic E-state index is 12.1. The molecule has 0 aromatic heterocycles. The van der Waals surface area contributed by atoms with Crippen molar-refractivity contribution in [3.05, 3.63) is 85.8 Å². The Labute approximate surface area is 221 Å². The monoisotopic (exact) mass is 577 g/mol. The summed E-state index contributed by atoms with van der Waals surface area (Å²) in [6.45, 7) is 4.35. The lowest BCUT2D eigenvalue weighted by molar-refractivity contribution is -0.136. The predicted octanol–water partition coefficient (Wildman–Crippen LogP) is 6.13. The average molecular weight is 579 g/mol. The molecule has 0 radical (unpaired) electrons. The Morgan fingerprint density at radius 2 is 1.80 bits per heavy atom. The van der Waals surface area contributed by atoms with E-state index in [1.165, 1.54) is 6.21 Å². The van der Waals surface area contributed by atoms with Crippen LogP contribution in [0.1, 0.15) is 23.6 Å². The normalized spacial score (nSPS) is 10.8. The van der Waals surface area contributed by atoms with Gasteiger partial charge >= 0.3 is 11.8 Å². The predicted molar refractivity (Wildman–Crippen MR) is 142 cm³/mol. The van der Waals surface area contributed by atoms with E-state index in [1.54, 1.807) is 36.4 Å². The second-order valence-corrected chi connectivity index (χ2v) is 8.93. The molecule has 35 heavy (non-hydrogen) atoms. The van der Waals surface area contributed by atoms with Gasteiger partial charge in [-0.15, -0.1) is 0 Å². The van der Waals surface area contributed by atoms with Crippen LogP contribution in [0.15, 0.2) is 64.2 Å². The van der Waals surface area contributed by atoms with Gasteiger partial charge in [-0.3, -0.25) is 9.59 Å². The molecule has 3 aromatic rings. The fourth-order valence-corrected chi connectivity index (χ4v) is 3.85. The molecule has 182 valence electrons. The van der Waals surface area contributed by atoms with E-state index in [2.05, 4.69) is 31.8 Å². The molecule has 0 unspecified atom stereocenters. The highest BCUT2D eigenvalue weighted by Gasteiger charge is 2.15. The van der Waals surface area contributed by atoms with Crippen LogP contribution in [0.4, 0.5) is 5.69 Å². The van der Waals surface area contributed by atoms with E-state index in [1.807, 2.05) is 32.0 Å². The van der Waals surface area contributed by atoms with Crippen molar-refractivity contribution in [2.75, 3.05) is 11.9 Å². The quantitative estimate of drug-likeness (QED) is 0.191. The number of aryl methyl sites for hydroxylation is 1. The van der Waals surface area contributed by atoms with Crippen molar-refractivity contribution in [2.45, 2.75) is 20.5 Å². The van der Waals surface area contributed by atoms with Gasteiger partial charge in [0.15, 0.2) is 11.5 Å². The molecule has 0 bridgehead atoms. The molecule has 10 heteroatoms. The fraction of sp³-hybridized carbons (Fsp3) is 0.160. The van der Waals surface area contributed by atoms with E-state index >= 15 is 0 Å². The zero-order chi connectivity index (χ0) is 25.4. The lowest BCUT2D eigenvalue weighted by atomic mass is 10.2. The van der Waals surface area contributed by atoms with Gasteiger partial charge in [0.2, 0.25) is 0 Å². The molecule has 0 spiro atoms. The number of hydrazone groups is 1. The van der Waals surface area contributed by atoms with E-state index < -0.39 is 11.8 Å². The summed E-state index contributed by atoms with van der Waals surface area (Å²) in [6.07, 6.45) is 1.39. The zero-order valence-corrected chi connectivity index (χ0v) is 22.0. The molecule has 0 atom stereocenters. The molecule has 3 aromatic carbocycles. The van der Waals surface area contributed by atoms with Crippen LogP contribution in [-0.2, 0) is 16.2 Å². The molecule has 2 N–H and O–H groups in total. The third-order valence-corrected chi connectivity index (χ3v) is 6.04. The number of halogens is 3. The summed E-state index contributed by atoms with van der Waals surface area (Å²) < 4.78 is 12.3. The minimum atomic E-state index is -0.929. The highest BCUT2D eigenvalue weighted by atomic mass is 79.9. The SMILES string of the molecule is CCOc1cc(/C=N/NC(=O)C(=O)Nc2ccc(C)c(Cl)c2)cc(Br)c1OCc1ccccc1Cl. The third-order valence-electron chi connectivity index (χ3n) is 4.68. The summed E-state index contributed by atoms with van der Waals surface area (Å²) in [5, 5.41) is 7.43. The van der Waals surface area contributed by atoms with Crippen LogP contribution in [0.25, 0.3) is 0 Å². The highest BCUT2D eigenvalue weighted by molar-refractivity contribution is 9.10. The first-order valence-electron chi connectivity index (χ1n) is 10.5. The Morgan fingerprint density at radius 3 is 2.51 bits per heavy atom. The Morgan fingerprint density at radius 1 is 1.03 bits per heavy atom. The van der Waals surface area contributed by atoms with Gasteiger partial charge in [-0.05, 0) is 71.2 Å². The van der Waals surface area contributed by atoms with Crippen LogP contribution in [0.3, 0.4) is 0 Å². The standard InChI is InChI=1S/C25H22BrCl2N3O4/c1-3-34-22-11-16(10-19(26)23(22)35-14-17-6-4-5-7-20(17)27)13-29-31-25(33)24(32)30-18-9-8-15(2)21(28)12-18/h4-13H,3,14H2,1-2H3,(H,30,32)(H,31,33)/b29-13+.